The Bertz CT molecular complexity index is 124. The highest BCUT2D eigenvalue weighted by Gasteiger charge is 2.31. The van der Waals surface area contributed by atoms with Crippen molar-refractivity contribution >= 4 is 23.4 Å². The molecule has 0 bridgehead atoms. The molecule has 1 nitrogen and oxygen atoms in total. The van der Waals surface area contributed by atoms with Gasteiger partial charge in [-0.15, -0.1) is 11.6 Å². The van der Waals surface area contributed by atoms with Crippen molar-refractivity contribution in [1.82, 2.24) is 5.32 Å². The van der Waals surface area contributed by atoms with Crippen LogP contribution in [0.2, 0.25) is 0 Å². The normalized spacial score (nSPS) is 21.5. The number of hydrogen-bond acceptors (Lipinski definition) is 2. The third-order valence-corrected chi connectivity index (χ3v) is 3.75. The zero-order valence-electron chi connectivity index (χ0n) is 7.74. The van der Waals surface area contributed by atoms with Gasteiger partial charge >= 0.3 is 0 Å². The molecule has 0 radical (unpaired) electrons. The van der Waals surface area contributed by atoms with Crippen LogP contribution in [0.3, 0.4) is 0 Å². The Morgan fingerprint density at radius 2 is 2.08 bits per heavy atom. The van der Waals surface area contributed by atoms with E-state index in [1.807, 2.05) is 11.8 Å². The number of halogens is 1. The smallest absolute Gasteiger partial charge is 0.0406 e. The second-order valence-electron chi connectivity index (χ2n) is 3.54. The maximum atomic E-state index is 5.97. The molecule has 1 saturated carbocycles. The van der Waals surface area contributed by atoms with Crippen molar-refractivity contribution in [3.05, 3.63) is 0 Å². The molecule has 72 valence electrons. The Morgan fingerprint density at radius 3 is 2.58 bits per heavy atom. The van der Waals surface area contributed by atoms with Gasteiger partial charge in [-0.05, 0) is 19.1 Å². The van der Waals surface area contributed by atoms with E-state index < -0.39 is 0 Å². The molecule has 0 saturated heterocycles. The lowest BCUT2D eigenvalue weighted by atomic mass is 10.0. The summed E-state index contributed by atoms with van der Waals surface area (Å²) in [7, 11) is 0. The van der Waals surface area contributed by atoms with Crippen LogP contribution in [0, 0.1) is 0 Å². The quantitative estimate of drug-likeness (QED) is 0.549. The maximum Gasteiger partial charge on any atom is 0.0406 e. The van der Waals surface area contributed by atoms with Crippen LogP contribution in [0.5, 0.6) is 0 Å². The molecule has 0 aliphatic heterocycles. The van der Waals surface area contributed by atoms with Crippen molar-refractivity contribution in [2.75, 3.05) is 24.4 Å². The lowest BCUT2D eigenvalue weighted by Crippen LogP contribution is -2.45. The van der Waals surface area contributed by atoms with E-state index >= 15 is 0 Å². The molecule has 0 atom stereocenters. The van der Waals surface area contributed by atoms with Gasteiger partial charge in [0.25, 0.3) is 0 Å². The van der Waals surface area contributed by atoms with Crippen LogP contribution >= 0.6 is 23.4 Å². The first kappa shape index (κ1) is 10.7. The molecule has 1 fully saturated rings. The molecule has 1 rings (SSSR count). The molecule has 0 aromatic heterocycles. The van der Waals surface area contributed by atoms with Gasteiger partial charge in [-0.2, -0.15) is 11.8 Å². The summed E-state index contributed by atoms with van der Waals surface area (Å²) in [6, 6.07) is 0. The molecule has 12 heavy (non-hydrogen) atoms. The van der Waals surface area contributed by atoms with Gasteiger partial charge < -0.3 is 5.32 Å². The highest BCUT2D eigenvalue weighted by atomic mass is 35.5. The van der Waals surface area contributed by atoms with Gasteiger partial charge in [0, 0.05) is 23.7 Å². The van der Waals surface area contributed by atoms with Crippen molar-refractivity contribution in [3.63, 3.8) is 0 Å². The summed E-state index contributed by atoms with van der Waals surface area (Å²) in [5.41, 5.74) is 0.289. The van der Waals surface area contributed by atoms with E-state index in [9.17, 15) is 0 Å². The minimum absolute atomic E-state index is 0.289. The van der Waals surface area contributed by atoms with Crippen LogP contribution in [0.25, 0.3) is 0 Å². The highest BCUT2D eigenvalue weighted by Crippen LogP contribution is 2.30. The lowest BCUT2D eigenvalue weighted by Gasteiger charge is -2.27. The molecule has 0 spiro atoms. The van der Waals surface area contributed by atoms with Crippen LogP contribution in [-0.4, -0.2) is 30.0 Å². The molecule has 0 heterocycles. The summed E-state index contributed by atoms with van der Waals surface area (Å²) in [4.78, 5) is 0. The van der Waals surface area contributed by atoms with Crippen molar-refractivity contribution in [2.45, 2.75) is 31.2 Å². The van der Waals surface area contributed by atoms with E-state index in [4.69, 9.17) is 11.6 Å². The second kappa shape index (κ2) is 5.36. The van der Waals surface area contributed by atoms with Crippen molar-refractivity contribution in [3.8, 4) is 0 Å². The van der Waals surface area contributed by atoms with E-state index in [0.29, 0.717) is 0 Å². The predicted octanol–water partition coefficient (Wildman–Crippen LogP) is 2.49. The van der Waals surface area contributed by atoms with E-state index in [-0.39, 0.29) is 5.54 Å². The topological polar surface area (TPSA) is 12.0 Å². The number of thioether (sulfide) groups is 1. The average Bonchev–Trinajstić information content (AvgIpc) is 2.55. The first-order chi connectivity index (χ1) is 5.83. The van der Waals surface area contributed by atoms with Gasteiger partial charge in [0.2, 0.25) is 0 Å². The Kier molecular flexibility index (Phi) is 4.77. The van der Waals surface area contributed by atoms with Crippen LogP contribution in [0.4, 0.5) is 0 Å². The fourth-order valence-corrected chi connectivity index (χ4v) is 2.50. The fourth-order valence-electron chi connectivity index (χ4n) is 1.83. The molecule has 0 amide bonds. The van der Waals surface area contributed by atoms with Gasteiger partial charge in [-0.3, -0.25) is 0 Å². The molecule has 0 unspecified atom stereocenters. The highest BCUT2D eigenvalue weighted by molar-refractivity contribution is 7.98. The number of alkyl halides is 1. The second-order valence-corrected chi connectivity index (χ2v) is 4.79. The number of nitrogens with one attached hydrogen (secondary N) is 1. The first-order valence-electron chi connectivity index (χ1n) is 4.63. The van der Waals surface area contributed by atoms with Crippen molar-refractivity contribution < 1.29 is 0 Å². The zero-order valence-corrected chi connectivity index (χ0v) is 9.31. The lowest BCUT2D eigenvalue weighted by molar-refractivity contribution is 0.381. The summed E-state index contributed by atoms with van der Waals surface area (Å²) in [6.45, 7) is 1.11. The third-order valence-electron chi connectivity index (χ3n) is 2.62. The molecular formula is C9H18ClNS. The van der Waals surface area contributed by atoms with Gasteiger partial charge in [0.05, 0.1) is 0 Å². The van der Waals surface area contributed by atoms with E-state index in [1.54, 1.807) is 0 Å². The van der Waals surface area contributed by atoms with Gasteiger partial charge in [-0.25, -0.2) is 0 Å². The Hall–Kier alpha value is 0.600. The molecule has 1 N–H and O–H groups in total. The fraction of sp³-hybridized carbons (Fsp3) is 1.00. The number of hydrogen-bond donors (Lipinski definition) is 1. The Balaban J connectivity index is 2.24. The summed E-state index contributed by atoms with van der Waals surface area (Å²) < 4.78 is 0. The van der Waals surface area contributed by atoms with Crippen LogP contribution < -0.4 is 5.32 Å². The molecule has 0 aromatic carbocycles. The predicted molar refractivity (Wildman–Crippen MR) is 58.3 cm³/mol. The van der Waals surface area contributed by atoms with E-state index in [1.165, 1.54) is 31.4 Å². The maximum absolute atomic E-state index is 5.97. The van der Waals surface area contributed by atoms with Gasteiger partial charge in [0.15, 0.2) is 0 Å². The molecule has 0 aromatic rings. The van der Waals surface area contributed by atoms with Crippen molar-refractivity contribution in [2.24, 2.45) is 0 Å². The molecule has 3 heteroatoms. The average molecular weight is 208 g/mol. The van der Waals surface area contributed by atoms with Gasteiger partial charge in [-0.1, -0.05) is 12.8 Å². The Labute approximate surface area is 84.6 Å². The van der Waals surface area contributed by atoms with Crippen LogP contribution in [0.1, 0.15) is 25.7 Å². The van der Waals surface area contributed by atoms with Crippen molar-refractivity contribution in [1.29, 1.82) is 0 Å². The summed E-state index contributed by atoms with van der Waals surface area (Å²) in [5.74, 6) is 1.97. The van der Waals surface area contributed by atoms with Gasteiger partial charge in [0.1, 0.15) is 0 Å². The summed E-state index contributed by atoms with van der Waals surface area (Å²) >= 11 is 7.86. The molecule has 1 aliphatic rings. The summed E-state index contributed by atoms with van der Waals surface area (Å²) in [6.07, 6.45) is 7.37. The van der Waals surface area contributed by atoms with E-state index in [0.717, 1.165) is 12.4 Å². The SMILES string of the molecule is CSCCNC1(CCl)CCCC1. The van der Waals surface area contributed by atoms with Crippen LogP contribution in [-0.2, 0) is 0 Å². The minimum Gasteiger partial charge on any atom is -0.309 e. The molecular weight excluding hydrogens is 190 g/mol. The van der Waals surface area contributed by atoms with E-state index in [2.05, 4.69) is 11.6 Å². The first-order valence-corrected chi connectivity index (χ1v) is 6.56. The monoisotopic (exact) mass is 207 g/mol. The largest absolute Gasteiger partial charge is 0.309 e. The molecule has 1 aliphatic carbocycles. The number of rotatable bonds is 5. The van der Waals surface area contributed by atoms with Crippen LogP contribution in [0.15, 0.2) is 0 Å². The Morgan fingerprint density at radius 1 is 1.42 bits per heavy atom. The standard InChI is InChI=1S/C9H18ClNS/c1-12-7-6-11-9(8-10)4-2-3-5-9/h11H,2-8H2,1H3. The zero-order chi connectivity index (χ0) is 8.86. The third kappa shape index (κ3) is 2.82. The minimum atomic E-state index is 0.289. The summed E-state index contributed by atoms with van der Waals surface area (Å²) in [5, 5.41) is 3.59.